The number of carbonyl (C=O) groups is 1. The Hall–Kier alpha value is -2.37. The smallest absolute Gasteiger partial charge is 0.335 e. The van der Waals surface area contributed by atoms with E-state index >= 15 is 0 Å². The second kappa shape index (κ2) is 4.33. The number of carboxylic acids is 1. The van der Waals surface area contributed by atoms with Crippen LogP contribution < -0.4 is 11.1 Å². The summed E-state index contributed by atoms with van der Waals surface area (Å²) in [6.45, 7) is 2.08. The summed E-state index contributed by atoms with van der Waals surface area (Å²) in [7, 11) is 0. The predicted octanol–water partition coefficient (Wildman–Crippen LogP) is 1.36. The van der Waals surface area contributed by atoms with Crippen molar-refractivity contribution in [3.05, 3.63) is 44.5 Å². The van der Waals surface area contributed by atoms with Gasteiger partial charge >= 0.3 is 17.1 Å². The van der Waals surface area contributed by atoms with Crippen LogP contribution in [0.2, 0.25) is 0 Å². The van der Waals surface area contributed by atoms with Gasteiger partial charge in [-0.3, -0.25) is 14.2 Å². The van der Waals surface area contributed by atoms with Crippen molar-refractivity contribution in [3.63, 3.8) is 0 Å². The molecule has 1 aliphatic rings. The lowest BCUT2D eigenvalue weighted by molar-refractivity contribution is 0.0697. The second-order valence-electron chi connectivity index (χ2n) is 5.40. The first-order valence-electron chi connectivity index (χ1n) is 6.49. The molecule has 1 heterocycles. The number of fused-ring (bicyclic) bond motifs is 1. The zero-order chi connectivity index (χ0) is 14.4. The van der Waals surface area contributed by atoms with Crippen molar-refractivity contribution < 1.29 is 9.90 Å². The topological polar surface area (TPSA) is 92.2 Å². The Bertz CT molecular complexity index is 812. The number of aromatic carboxylic acids is 1. The Morgan fingerprint density at radius 2 is 2.05 bits per heavy atom. The molecule has 6 nitrogen and oxygen atoms in total. The lowest BCUT2D eigenvalue weighted by Gasteiger charge is -2.34. The standard InChI is InChI=1S/C14H14N2O4/c1-7-4-9(5-7)16-11-6-8(14(19)20)2-3-10(11)15-12(17)13(16)18/h2-3,6-7,9H,4-5H2,1H3,(H,15,17)(H,19,20). The minimum atomic E-state index is -1.06. The van der Waals surface area contributed by atoms with Crippen molar-refractivity contribution >= 4 is 17.0 Å². The van der Waals surface area contributed by atoms with E-state index in [0.717, 1.165) is 12.8 Å². The van der Waals surface area contributed by atoms with E-state index in [0.29, 0.717) is 17.0 Å². The molecule has 1 saturated carbocycles. The van der Waals surface area contributed by atoms with E-state index in [9.17, 15) is 14.4 Å². The van der Waals surface area contributed by atoms with Crippen LogP contribution in [0, 0.1) is 5.92 Å². The van der Waals surface area contributed by atoms with Crippen LogP contribution in [0.5, 0.6) is 0 Å². The molecule has 0 saturated heterocycles. The average Bonchev–Trinajstić information content (AvgIpc) is 2.37. The van der Waals surface area contributed by atoms with E-state index in [2.05, 4.69) is 11.9 Å². The maximum Gasteiger partial charge on any atom is 0.335 e. The highest BCUT2D eigenvalue weighted by molar-refractivity contribution is 5.92. The Morgan fingerprint density at radius 1 is 1.35 bits per heavy atom. The minimum absolute atomic E-state index is 0.0219. The molecular formula is C14H14N2O4. The number of hydrogen-bond donors (Lipinski definition) is 2. The Kier molecular flexibility index (Phi) is 2.74. The van der Waals surface area contributed by atoms with E-state index in [1.165, 1.54) is 22.8 Å². The molecule has 20 heavy (non-hydrogen) atoms. The first-order chi connectivity index (χ1) is 9.47. The van der Waals surface area contributed by atoms with E-state index in [1.807, 2.05) is 0 Å². The van der Waals surface area contributed by atoms with Gasteiger partial charge in [-0.1, -0.05) is 6.92 Å². The van der Waals surface area contributed by atoms with Gasteiger partial charge in [-0.15, -0.1) is 0 Å². The van der Waals surface area contributed by atoms with Gasteiger partial charge in [0.25, 0.3) is 0 Å². The van der Waals surface area contributed by atoms with Crippen LogP contribution in [0.4, 0.5) is 0 Å². The van der Waals surface area contributed by atoms with Gasteiger partial charge in [-0.25, -0.2) is 4.79 Å². The number of nitrogens with one attached hydrogen (secondary N) is 1. The SMILES string of the molecule is CC1CC(n2c(=O)c(=O)[nH]c3ccc(C(=O)O)cc32)C1. The normalized spacial score (nSPS) is 21.6. The Labute approximate surface area is 113 Å². The third-order valence-corrected chi connectivity index (χ3v) is 3.88. The number of aromatic nitrogens is 2. The Balaban J connectivity index is 2.31. The van der Waals surface area contributed by atoms with Gasteiger partial charge in [0.05, 0.1) is 16.6 Å². The molecule has 0 amide bonds. The first kappa shape index (κ1) is 12.7. The van der Waals surface area contributed by atoms with Crippen LogP contribution in [0.15, 0.2) is 27.8 Å². The zero-order valence-corrected chi connectivity index (χ0v) is 10.9. The van der Waals surface area contributed by atoms with Crippen LogP contribution in [0.3, 0.4) is 0 Å². The number of nitrogens with zero attached hydrogens (tertiary/aromatic N) is 1. The van der Waals surface area contributed by atoms with Crippen LogP contribution >= 0.6 is 0 Å². The number of hydrogen-bond acceptors (Lipinski definition) is 3. The summed E-state index contributed by atoms with van der Waals surface area (Å²) in [6, 6.07) is 4.36. The molecule has 0 aliphatic heterocycles. The van der Waals surface area contributed by atoms with E-state index in [-0.39, 0.29) is 11.6 Å². The predicted molar refractivity (Wildman–Crippen MR) is 73.2 cm³/mol. The van der Waals surface area contributed by atoms with Gasteiger partial charge in [-0.05, 0) is 37.0 Å². The first-order valence-corrected chi connectivity index (χ1v) is 6.49. The molecule has 1 aliphatic carbocycles. The lowest BCUT2D eigenvalue weighted by atomic mass is 9.81. The minimum Gasteiger partial charge on any atom is -0.478 e. The fourth-order valence-corrected chi connectivity index (χ4v) is 2.80. The highest BCUT2D eigenvalue weighted by Crippen LogP contribution is 2.37. The number of aromatic amines is 1. The number of benzene rings is 1. The van der Waals surface area contributed by atoms with Crippen molar-refractivity contribution in [2.75, 3.05) is 0 Å². The molecule has 0 atom stereocenters. The molecule has 0 unspecified atom stereocenters. The molecule has 2 N–H and O–H groups in total. The number of H-pyrrole nitrogens is 1. The average molecular weight is 274 g/mol. The molecule has 6 heteroatoms. The highest BCUT2D eigenvalue weighted by Gasteiger charge is 2.29. The van der Waals surface area contributed by atoms with Crippen molar-refractivity contribution in [2.24, 2.45) is 5.92 Å². The Morgan fingerprint density at radius 3 is 2.65 bits per heavy atom. The molecule has 1 aromatic heterocycles. The number of rotatable bonds is 2. The van der Waals surface area contributed by atoms with Crippen LogP contribution in [0.1, 0.15) is 36.2 Å². The summed E-state index contributed by atoms with van der Waals surface area (Å²) in [6.07, 6.45) is 1.66. The fraction of sp³-hybridized carbons (Fsp3) is 0.357. The van der Waals surface area contributed by atoms with E-state index < -0.39 is 17.1 Å². The van der Waals surface area contributed by atoms with E-state index in [1.54, 1.807) is 0 Å². The van der Waals surface area contributed by atoms with Gasteiger partial charge in [-0.2, -0.15) is 0 Å². The summed E-state index contributed by atoms with van der Waals surface area (Å²) in [5.41, 5.74) is -0.215. The van der Waals surface area contributed by atoms with Crippen molar-refractivity contribution in [3.8, 4) is 0 Å². The zero-order valence-electron chi connectivity index (χ0n) is 10.9. The molecule has 0 radical (unpaired) electrons. The lowest BCUT2D eigenvalue weighted by Crippen LogP contribution is -2.41. The van der Waals surface area contributed by atoms with Crippen LogP contribution in [-0.4, -0.2) is 20.6 Å². The number of carboxylic acid groups (broad SMARTS) is 1. The molecule has 104 valence electrons. The van der Waals surface area contributed by atoms with Crippen molar-refractivity contribution in [1.29, 1.82) is 0 Å². The monoisotopic (exact) mass is 274 g/mol. The summed E-state index contributed by atoms with van der Waals surface area (Å²) in [4.78, 5) is 37.3. The summed E-state index contributed by atoms with van der Waals surface area (Å²) < 4.78 is 1.45. The van der Waals surface area contributed by atoms with Gasteiger partial charge in [0.2, 0.25) is 0 Å². The van der Waals surface area contributed by atoms with Gasteiger partial charge in [0, 0.05) is 6.04 Å². The quantitative estimate of drug-likeness (QED) is 0.809. The van der Waals surface area contributed by atoms with Gasteiger partial charge in [0.1, 0.15) is 0 Å². The third kappa shape index (κ3) is 1.84. The maximum absolute atomic E-state index is 12.1. The van der Waals surface area contributed by atoms with Gasteiger partial charge < -0.3 is 10.1 Å². The summed E-state index contributed by atoms with van der Waals surface area (Å²) in [5, 5.41) is 9.05. The van der Waals surface area contributed by atoms with Crippen LogP contribution in [-0.2, 0) is 0 Å². The molecule has 2 aromatic rings. The van der Waals surface area contributed by atoms with Gasteiger partial charge in [0.15, 0.2) is 0 Å². The van der Waals surface area contributed by atoms with Crippen LogP contribution in [0.25, 0.3) is 11.0 Å². The fourth-order valence-electron chi connectivity index (χ4n) is 2.80. The largest absolute Gasteiger partial charge is 0.478 e. The van der Waals surface area contributed by atoms with E-state index in [4.69, 9.17) is 5.11 Å². The molecule has 1 fully saturated rings. The molecular weight excluding hydrogens is 260 g/mol. The highest BCUT2D eigenvalue weighted by atomic mass is 16.4. The second-order valence-corrected chi connectivity index (χ2v) is 5.40. The van der Waals surface area contributed by atoms with Crippen molar-refractivity contribution in [2.45, 2.75) is 25.8 Å². The molecule has 0 bridgehead atoms. The third-order valence-electron chi connectivity index (χ3n) is 3.88. The summed E-state index contributed by atoms with van der Waals surface area (Å²) >= 11 is 0. The maximum atomic E-state index is 12.1. The van der Waals surface area contributed by atoms with Crippen molar-refractivity contribution in [1.82, 2.24) is 9.55 Å². The molecule has 0 spiro atoms. The molecule has 1 aromatic carbocycles. The molecule has 3 rings (SSSR count). The summed E-state index contributed by atoms with van der Waals surface area (Å²) in [5.74, 6) is -0.539.